The van der Waals surface area contributed by atoms with Crippen LogP contribution in [0.3, 0.4) is 0 Å². The van der Waals surface area contributed by atoms with Gasteiger partial charge in [-0.2, -0.15) is 0 Å². The molecule has 1 heterocycles. The van der Waals surface area contributed by atoms with E-state index in [1.54, 1.807) is 6.07 Å². The van der Waals surface area contributed by atoms with Crippen LogP contribution in [0.25, 0.3) is 11.1 Å². The third-order valence-corrected chi connectivity index (χ3v) is 5.81. The number of benzene rings is 2. The lowest BCUT2D eigenvalue weighted by molar-refractivity contribution is 0.160. The van der Waals surface area contributed by atoms with Crippen LogP contribution in [0.4, 0.5) is 0 Å². The number of hydrogen-bond donors (Lipinski definition) is 2. The average Bonchev–Trinajstić information content (AvgIpc) is 2.87. The Balaban J connectivity index is 2.01. The van der Waals surface area contributed by atoms with Gasteiger partial charge in [-0.3, -0.25) is 4.90 Å². The molecule has 2 aromatic carbocycles. The summed E-state index contributed by atoms with van der Waals surface area (Å²) in [5, 5.41) is 20.6. The first-order valence-electron chi connectivity index (χ1n) is 9.01. The van der Waals surface area contributed by atoms with E-state index in [-0.39, 0.29) is 11.5 Å². The molecule has 126 valence electrons. The van der Waals surface area contributed by atoms with Gasteiger partial charge in [0.25, 0.3) is 0 Å². The standard InChI is InChI=1S/C21H25NO2/c1-4-6-15-14-9-7-12(3)18-19-13(8-10-17(23)21(19)24)11-16(20(14)18)22(15)5-2/h7-10,15-16,23-24H,4-6,11H2,1-3H3. The molecule has 1 aliphatic heterocycles. The van der Waals surface area contributed by atoms with Crippen LogP contribution in [0.2, 0.25) is 0 Å². The molecule has 1 aliphatic carbocycles. The Morgan fingerprint density at radius 3 is 2.58 bits per heavy atom. The maximum Gasteiger partial charge on any atom is 0.165 e. The first-order valence-corrected chi connectivity index (χ1v) is 9.01. The zero-order valence-electron chi connectivity index (χ0n) is 14.6. The van der Waals surface area contributed by atoms with Crippen LogP contribution in [0.1, 0.15) is 61.0 Å². The highest BCUT2D eigenvalue weighted by atomic mass is 16.3. The molecule has 0 saturated carbocycles. The number of likely N-dealkylation sites (N-methyl/N-ethyl adjacent to an activating group) is 1. The second-order valence-corrected chi connectivity index (χ2v) is 7.08. The van der Waals surface area contributed by atoms with E-state index in [4.69, 9.17) is 0 Å². The van der Waals surface area contributed by atoms with Gasteiger partial charge in [0, 0.05) is 17.6 Å². The summed E-state index contributed by atoms with van der Waals surface area (Å²) in [6.07, 6.45) is 3.23. The van der Waals surface area contributed by atoms with Crippen molar-refractivity contribution in [3.05, 3.63) is 46.5 Å². The van der Waals surface area contributed by atoms with Gasteiger partial charge in [-0.15, -0.1) is 0 Å². The van der Waals surface area contributed by atoms with Crippen LogP contribution < -0.4 is 0 Å². The normalized spacial score (nSPS) is 21.6. The molecule has 0 bridgehead atoms. The molecule has 2 N–H and O–H groups in total. The molecule has 2 unspecified atom stereocenters. The first-order chi connectivity index (χ1) is 11.6. The highest BCUT2D eigenvalue weighted by Crippen LogP contribution is 2.56. The van der Waals surface area contributed by atoms with Crippen molar-refractivity contribution in [1.82, 2.24) is 4.90 Å². The zero-order chi connectivity index (χ0) is 17.0. The van der Waals surface area contributed by atoms with E-state index in [0.29, 0.717) is 12.1 Å². The fraction of sp³-hybridized carbons (Fsp3) is 0.429. The van der Waals surface area contributed by atoms with E-state index in [9.17, 15) is 10.2 Å². The lowest BCUT2D eigenvalue weighted by atomic mass is 9.79. The molecular weight excluding hydrogens is 298 g/mol. The Labute approximate surface area is 143 Å². The van der Waals surface area contributed by atoms with Gasteiger partial charge >= 0.3 is 0 Å². The molecule has 3 heteroatoms. The van der Waals surface area contributed by atoms with E-state index in [0.717, 1.165) is 42.5 Å². The van der Waals surface area contributed by atoms with Crippen molar-refractivity contribution in [2.75, 3.05) is 6.54 Å². The van der Waals surface area contributed by atoms with Gasteiger partial charge in [-0.05, 0) is 60.2 Å². The summed E-state index contributed by atoms with van der Waals surface area (Å²) in [5.41, 5.74) is 7.09. The largest absolute Gasteiger partial charge is 0.504 e. The van der Waals surface area contributed by atoms with Crippen LogP contribution in [-0.4, -0.2) is 21.7 Å². The molecular formula is C21H25NO2. The molecule has 3 nitrogen and oxygen atoms in total. The number of rotatable bonds is 3. The summed E-state index contributed by atoms with van der Waals surface area (Å²) in [7, 11) is 0. The number of nitrogens with zero attached hydrogens (tertiary/aromatic N) is 1. The number of fused-ring (bicyclic) bond motifs is 2. The third kappa shape index (κ3) is 1.94. The second kappa shape index (κ2) is 5.52. The minimum atomic E-state index is -0.0281. The predicted octanol–water partition coefficient (Wildman–Crippen LogP) is 4.85. The van der Waals surface area contributed by atoms with E-state index in [1.165, 1.54) is 16.7 Å². The Morgan fingerprint density at radius 1 is 1.08 bits per heavy atom. The van der Waals surface area contributed by atoms with Crippen LogP contribution in [0, 0.1) is 6.92 Å². The zero-order valence-corrected chi connectivity index (χ0v) is 14.6. The van der Waals surface area contributed by atoms with Gasteiger partial charge in [-0.25, -0.2) is 0 Å². The third-order valence-electron chi connectivity index (χ3n) is 5.81. The Kier molecular flexibility index (Phi) is 3.57. The van der Waals surface area contributed by atoms with Crippen LogP contribution in [0.5, 0.6) is 11.5 Å². The number of hydrogen-bond acceptors (Lipinski definition) is 3. The van der Waals surface area contributed by atoms with E-state index in [1.807, 2.05) is 6.07 Å². The van der Waals surface area contributed by atoms with Crippen molar-refractivity contribution in [1.29, 1.82) is 0 Å². The van der Waals surface area contributed by atoms with Gasteiger partial charge in [-0.1, -0.05) is 38.5 Å². The smallest absolute Gasteiger partial charge is 0.165 e. The molecule has 0 radical (unpaired) electrons. The molecule has 2 atom stereocenters. The average molecular weight is 323 g/mol. The predicted molar refractivity (Wildman–Crippen MR) is 96.4 cm³/mol. The minimum Gasteiger partial charge on any atom is -0.504 e. The van der Waals surface area contributed by atoms with Gasteiger partial charge in [0.1, 0.15) is 0 Å². The van der Waals surface area contributed by atoms with Crippen LogP contribution >= 0.6 is 0 Å². The fourth-order valence-corrected chi connectivity index (χ4v) is 4.82. The summed E-state index contributed by atoms with van der Waals surface area (Å²) >= 11 is 0. The lowest BCUT2D eigenvalue weighted by Gasteiger charge is -2.33. The number of phenolic OH excluding ortho intramolecular Hbond substituents is 2. The van der Waals surface area contributed by atoms with Crippen molar-refractivity contribution < 1.29 is 10.2 Å². The fourth-order valence-electron chi connectivity index (χ4n) is 4.82. The topological polar surface area (TPSA) is 43.7 Å². The minimum absolute atomic E-state index is 0.0281. The van der Waals surface area contributed by atoms with Crippen LogP contribution in [0.15, 0.2) is 24.3 Å². The second-order valence-electron chi connectivity index (χ2n) is 7.08. The highest BCUT2D eigenvalue weighted by molar-refractivity contribution is 5.84. The summed E-state index contributed by atoms with van der Waals surface area (Å²) in [5.74, 6) is 0.00379. The lowest BCUT2D eigenvalue weighted by Crippen LogP contribution is -2.28. The molecule has 0 saturated heterocycles. The summed E-state index contributed by atoms with van der Waals surface area (Å²) in [6.45, 7) is 7.62. The summed E-state index contributed by atoms with van der Waals surface area (Å²) in [6, 6.07) is 8.89. The number of aromatic hydroxyl groups is 2. The maximum atomic E-state index is 10.5. The molecule has 24 heavy (non-hydrogen) atoms. The summed E-state index contributed by atoms with van der Waals surface area (Å²) < 4.78 is 0. The van der Waals surface area contributed by atoms with Crippen molar-refractivity contribution in [3.63, 3.8) is 0 Å². The molecule has 0 fully saturated rings. The van der Waals surface area contributed by atoms with Crippen molar-refractivity contribution in [2.24, 2.45) is 0 Å². The SMILES string of the molecule is CCCC1c2ccc(C)c3c2C(Cc2ccc(O)c(O)c2-3)N1CC. The van der Waals surface area contributed by atoms with Gasteiger partial charge in [0.15, 0.2) is 11.5 Å². The Hall–Kier alpha value is -2.00. The van der Waals surface area contributed by atoms with E-state index in [2.05, 4.69) is 37.8 Å². The van der Waals surface area contributed by atoms with Crippen molar-refractivity contribution in [2.45, 2.75) is 52.1 Å². The first kappa shape index (κ1) is 15.5. The Morgan fingerprint density at radius 2 is 1.88 bits per heavy atom. The van der Waals surface area contributed by atoms with Gasteiger partial charge < -0.3 is 10.2 Å². The molecule has 4 rings (SSSR count). The van der Waals surface area contributed by atoms with Gasteiger partial charge in [0.05, 0.1) is 0 Å². The number of aryl methyl sites for hydroxylation is 1. The monoisotopic (exact) mass is 323 g/mol. The molecule has 0 aromatic heterocycles. The van der Waals surface area contributed by atoms with Crippen molar-refractivity contribution >= 4 is 0 Å². The maximum absolute atomic E-state index is 10.5. The quantitative estimate of drug-likeness (QED) is 0.794. The van der Waals surface area contributed by atoms with Crippen LogP contribution in [-0.2, 0) is 6.42 Å². The highest BCUT2D eigenvalue weighted by Gasteiger charge is 2.42. The summed E-state index contributed by atoms with van der Waals surface area (Å²) in [4.78, 5) is 2.62. The number of phenols is 2. The van der Waals surface area contributed by atoms with Gasteiger partial charge in [0.2, 0.25) is 0 Å². The molecule has 2 aromatic rings. The Bertz CT molecular complexity index is 812. The molecule has 2 aliphatic rings. The molecule has 0 amide bonds. The molecule has 0 spiro atoms. The van der Waals surface area contributed by atoms with Crippen molar-refractivity contribution in [3.8, 4) is 22.6 Å². The van der Waals surface area contributed by atoms with E-state index < -0.39 is 0 Å². The van der Waals surface area contributed by atoms with E-state index >= 15 is 0 Å².